The number of nitrogens with one attached hydrogen (secondary N) is 2. The van der Waals surface area contributed by atoms with Crippen molar-refractivity contribution in [3.63, 3.8) is 0 Å². The molecule has 1 unspecified atom stereocenters. The molecule has 9 nitrogen and oxygen atoms in total. The highest BCUT2D eigenvalue weighted by atomic mass is 32.2. The Morgan fingerprint density at radius 1 is 0.800 bits per heavy atom. The molecular formula is C39H59N3O6S2. The van der Waals surface area contributed by atoms with Gasteiger partial charge in [-0.2, -0.15) is 0 Å². The molecule has 1 atom stereocenters. The molecule has 0 aromatic heterocycles. The average molecular weight is 730 g/mol. The van der Waals surface area contributed by atoms with Gasteiger partial charge in [0.1, 0.15) is 4.75 Å². The molecule has 4 aliphatic carbocycles. The molecule has 0 aliphatic heterocycles. The second kappa shape index (κ2) is 14.3. The number of fused-ring (bicyclic) bond motifs is 1. The Kier molecular flexibility index (Phi) is 11.2. The molecule has 278 valence electrons. The third-order valence-electron chi connectivity index (χ3n) is 12.1. The smallest absolute Gasteiger partial charge is 0.240 e. The Bertz CT molecular complexity index is 1750. The third-order valence-corrected chi connectivity index (χ3v) is 15.8. The van der Waals surface area contributed by atoms with Crippen molar-refractivity contribution in [2.45, 2.75) is 121 Å². The summed E-state index contributed by atoms with van der Waals surface area (Å²) in [6.45, 7) is 14.3. The highest BCUT2D eigenvalue weighted by Crippen LogP contribution is 2.50. The van der Waals surface area contributed by atoms with Crippen LogP contribution in [0.15, 0.2) is 46.4 Å². The monoisotopic (exact) mass is 729 g/mol. The molecule has 0 amide bonds. The zero-order valence-corrected chi connectivity index (χ0v) is 33.0. The lowest BCUT2D eigenvalue weighted by Crippen LogP contribution is -2.53. The van der Waals surface area contributed by atoms with Gasteiger partial charge >= 0.3 is 0 Å². The standard InChI is InChI=1S/C39H59N3O6S2/c1-37(2,3)26-10-12-28(13-11-26)39(50(47,48)40-22-9-23-42(7)8)21-20-32-34(25-39)36(44)33-24-30(18-19-31(33)35(32)43)49(45,46)41-29-16-14-27(15-17-29)38(4,5)6/h18-21,24,26-29,40-41H,9-17,22-23,25H2,1-8H3. The lowest BCUT2D eigenvalue weighted by atomic mass is 9.65. The summed E-state index contributed by atoms with van der Waals surface area (Å²) in [4.78, 5) is 30.1. The zero-order chi connectivity index (χ0) is 36.9. The van der Waals surface area contributed by atoms with Gasteiger partial charge in [-0.15, -0.1) is 0 Å². The lowest BCUT2D eigenvalue weighted by molar-refractivity contribution is 0.0966. The minimum atomic E-state index is -3.98. The number of hydrogen-bond donors (Lipinski definition) is 2. The summed E-state index contributed by atoms with van der Waals surface area (Å²) in [6.07, 6.45) is 10.2. The van der Waals surface area contributed by atoms with Crippen molar-refractivity contribution >= 4 is 31.6 Å². The van der Waals surface area contributed by atoms with Crippen molar-refractivity contribution < 1.29 is 26.4 Å². The van der Waals surface area contributed by atoms with E-state index in [-0.39, 0.29) is 68.7 Å². The first-order chi connectivity index (χ1) is 23.2. The van der Waals surface area contributed by atoms with Crippen LogP contribution in [-0.2, 0) is 20.0 Å². The Labute approximate surface area is 301 Å². The van der Waals surface area contributed by atoms with Gasteiger partial charge in [-0.3, -0.25) is 9.59 Å². The summed E-state index contributed by atoms with van der Waals surface area (Å²) < 4.78 is 60.4. The summed E-state index contributed by atoms with van der Waals surface area (Å²) in [5.41, 5.74) is 0.796. The Morgan fingerprint density at radius 3 is 1.94 bits per heavy atom. The van der Waals surface area contributed by atoms with Gasteiger partial charge < -0.3 is 4.90 Å². The SMILES string of the molecule is CN(C)CCCNS(=O)(=O)C1(C2CCC(C(C)(C)C)CC2)C=CC2=C(C1)C(=O)c1cc(S(=O)(=O)NC3CCC(C(C)(C)C)CC3)ccc1C2=O. The van der Waals surface area contributed by atoms with Crippen molar-refractivity contribution in [1.29, 1.82) is 0 Å². The van der Waals surface area contributed by atoms with Crippen LogP contribution >= 0.6 is 0 Å². The average Bonchev–Trinajstić information content (AvgIpc) is 3.04. The summed E-state index contributed by atoms with van der Waals surface area (Å²) in [7, 11) is -4.07. The molecule has 2 fully saturated rings. The van der Waals surface area contributed by atoms with E-state index in [1.165, 1.54) is 18.2 Å². The van der Waals surface area contributed by atoms with Crippen LogP contribution in [0.4, 0.5) is 0 Å². The van der Waals surface area contributed by atoms with Crippen molar-refractivity contribution in [3.05, 3.63) is 52.6 Å². The quantitative estimate of drug-likeness (QED) is 0.258. The van der Waals surface area contributed by atoms with E-state index in [2.05, 4.69) is 51.0 Å². The van der Waals surface area contributed by atoms with Crippen LogP contribution in [0.25, 0.3) is 0 Å². The molecule has 0 heterocycles. The van der Waals surface area contributed by atoms with Gasteiger partial charge in [-0.1, -0.05) is 53.7 Å². The maximum absolute atomic E-state index is 14.4. The maximum Gasteiger partial charge on any atom is 0.240 e. The van der Waals surface area contributed by atoms with Crippen LogP contribution in [-0.4, -0.2) is 71.3 Å². The van der Waals surface area contributed by atoms with Crippen LogP contribution in [0.3, 0.4) is 0 Å². The van der Waals surface area contributed by atoms with Crippen LogP contribution in [0, 0.1) is 28.6 Å². The molecular weight excluding hydrogens is 671 g/mol. The summed E-state index contributed by atoms with van der Waals surface area (Å²) in [6, 6.07) is 3.93. The predicted octanol–water partition coefficient (Wildman–Crippen LogP) is 6.67. The molecule has 0 saturated heterocycles. The number of ketones is 2. The fraction of sp³-hybridized carbons (Fsp3) is 0.692. The maximum atomic E-state index is 14.4. The lowest BCUT2D eigenvalue weighted by Gasteiger charge is -2.46. The number of hydrogen-bond acceptors (Lipinski definition) is 7. The molecule has 0 spiro atoms. The van der Waals surface area contributed by atoms with E-state index >= 15 is 0 Å². The summed E-state index contributed by atoms with van der Waals surface area (Å²) >= 11 is 0. The highest BCUT2D eigenvalue weighted by Gasteiger charge is 2.53. The first kappa shape index (κ1) is 39.0. The van der Waals surface area contributed by atoms with Crippen molar-refractivity contribution in [1.82, 2.24) is 14.3 Å². The van der Waals surface area contributed by atoms with E-state index in [1.807, 2.05) is 19.0 Å². The van der Waals surface area contributed by atoms with E-state index in [0.29, 0.717) is 31.1 Å². The topological polar surface area (TPSA) is 130 Å². The number of allylic oxidation sites excluding steroid dienone is 3. The second-order valence-electron chi connectivity index (χ2n) is 17.7. The fourth-order valence-corrected chi connectivity index (χ4v) is 12.1. The molecule has 11 heteroatoms. The Balaban J connectivity index is 1.42. The minimum absolute atomic E-state index is 0.0186. The van der Waals surface area contributed by atoms with E-state index in [0.717, 1.165) is 45.1 Å². The van der Waals surface area contributed by atoms with Crippen LogP contribution in [0.1, 0.15) is 126 Å². The van der Waals surface area contributed by atoms with Crippen molar-refractivity contribution in [2.24, 2.45) is 28.6 Å². The van der Waals surface area contributed by atoms with Gasteiger partial charge in [0.2, 0.25) is 20.0 Å². The Morgan fingerprint density at radius 2 is 1.38 bits per heavy atom. The second-order valence-corrected chi connectivity index (χ2v) is 21.5. The molecule has 0 bridgehead atoms. The molecule has 4 aliphatic rings. The third kappa shape index (κ3) is 7.92. The number of benzene rings is 1. The number of sulfonamides is 2. The minimum Gasteiger partial charge on any atom is -0.309 e. The molecule has 50 heavy (non-hydrogen) atoms. The van der Waals surface area contributed by atoms with Gasteiger partial charge in [0, 0.05) is 41.3 Å². The number of rotatable bonds is 10. The number of Topliss-reactive ketones (excluding diaryl/α,β-unsaturated/α-hetero) is 2. The van der Waals surface area contributed by atoms with Gasteiger partial charge in [-0.05, 0) is 125 Å². The van der Waals surface area contributed by atoms with Gasteiger partial charge in [0.25, 0.3) is 0 Å². The predicted molar refractivity (Wildman–Crippen MR) is 199 cm³/mol. The first-order valence-corrected chi connectivity index (χ1v) is 21.4. The van der Waals surface area contributed by atoms with Crippen molar-refractivity contribution in [3.8, 4) is 0 Å². The molecule has 0 radical (unpaired) electrons. The number of carbonyl (C=O) groups is 2. The van der Waals surface area contributed by atoms with Crippen LogP contribution in [0.2, 0.25) is 0 Å². The van der Waals surface area contributed by atoms with E-state index in [1.54, 1.807) is 12.2 Å². The molecule has 2 N–H and O–H groups in total. The van der Waals surface area contributed by atoms with E-state index < -0.39 is 30.6 Å². The van der Waals surface area contributed by atoms with Crippen LogP contribution < -0.4 is 9.44 Å². The van der Waals surface area contributed by atoms with Crippen LogP contribution in [0.5, 0.6) is 0 Å². The largest absolute Gasteiger partial charge is 0.309 e. The first-order valence-electron chi connectivity index (χ1n) is 18.5. The molecule has 1 aromatic rings. The summed E-state index contributed by atoms with van der Waals surface area (Å²) in [5, 5.41) is 0. The van der Waals surface area contributed by atoms with E-state index in [9.17, 15) is 26.4 Å². The van der Waals surface area contributed by atoms with Gasteiger partial charge in [0.05, 0.1) is 4.90 Å². The molecule has 2 saturated carbocycles. The fourth-order valence-electron chi connectivity index (χ4n) is 8.79. The highest BCUT2D eigenvalue weighted by molar-refractivity contribution is 7.91. The zero-order valence-electron chi connectivity index (χ0n) is 31.4. The van der Waals surface area contributed by atoms with Gasteiger partial charge in [0.15, 0.2) is 11.6 Å². The van der Waals surface area contributed by atoms with Gasteiger partial charge in [-0.25, -0.2) is 26.3 Å². The normalized spacial score (nSPS) is 28.2. The van der Waals surface area contributed by atoms with E-state index in [4.69, 9.17) is 0 Å². The molecule has 5 rings (SSSR count). The van der Waals surface area contributed by atoms with Crippen molar-refractivity contribution in [2.75, 3.05) is 27.2 Å². The number of nitrogens with zero attached hydrogens (tertiary/aromatic N) is 1. The number of carbonyl (C=O) groups excluding carboxylic acids is 2. The Hall–Kier alpha value is -2.18. The summed E-state index contributed by atoms with van der Waals surface area (Å²) in [5.74, 6) is -0.116. The molecule has 1 aromatic carbocycles.